The standard InChI is InChI=1S/C12H14N2/c1-9(2)11-4-6-14-8-12(11)10-3-5-13-7-10/h3-9,13H,1-2H3. The highest BCUT2D eigenvalue weighted by atomic mass is 14.6. The van der Waals surface area contributed by atoms with E-state index < -0.39 is 0 Å². The van der Waals surface area contributed by atoms with E-state index in [2.05, 4.69) is 35.9 Å². The van der Waals surface area contributed by atoms with E-state index in [9.17, 15) is 0 Å². The van der Waals surface area contributed by atoms with Crippen LogP contribution in [-0.2, 0) is 0 Å². The summed E-state index contributed by atoms with van der Waals surface area (Å²) >= 11 is 0. The fraction of sp³-hybridized carbons (Fsp3) is 0.250. The van der Waals surface area contributed by atoms with Gasteiger partial charge in [0.15, 0.2) is 0 Å². The maximum absolute atomic E-state index is 4.17. The predicted octanol–water partition coefficient (Wildman–Crippen LogP) is 3.20. The number of aromatic nitrogens is 2. The van der Waals surface area contributed by atoms with Crippen molar-refractivity contribution < 1.29 is 0 Å². The molecule has 0 aromatic carbocycles. The molecular weight excluding hydrogens is 172 g/mol. The highest BCUT2D eigenvalue weighted by Crippen LogP contribution is 2.27. The van der Waals surface area contributed by atoms with Crippen molar-refractivity contribution in [2.75, 3.05) is 0 Å². The highest BCUT2D eigenvalue weighted by molar-refractivity contribution is 5.66. The maximum atomic E-state index is 4.17. The van der Waals surface area contributed by atoms with E-state index in [0.29, 0.717) is 5.92 Å². The van der Waals surface area contributed by atoms with Gasteiger partial charge in [-0.05, 0) is 23.6 Å². The Hall–Kier alpha value is -1.57. The van der Waals surface area contributed by atoms with Crippen molar-refractivity contribution in [2.45, 2.75) is 19.8 Å². The summed E-state index contributed by atoms with van der Waals surface area (Å²) in [5, 5.41) is 0. The van der Waals surface area contributed by atoms with Gasteiger partial charge in [0.2, 0.25) is 0 Å². The van der Waals surface area contributed by atoms with Crippen molar-refractivity contribution in [1.29, 1.82) is 0 Å². The van der Waals surface area contributed by atoms with E-state index in [4.69, 9.17) is 0 Å². The Bertz CT molecular complexity index is 402. The van der Waals surface area contributed by atoms with E-state index in [-0.39, 0.29) is 0 Å². The molecule has 0 unspecified atom stereocenters. The Labute approximate surface area is 84.0 Å². The lowest BCUT2D eigenvalue weighted by Crippen LogP contribution is -1.92. The molecule has 1 N–H and O–H groups in total. The molecule has 0 aliphatic rings. The van der Waals surface area contributed by atoms with E-state index in [1.807, 2.05) is 24.8 Å². The summed E-state index contributed by atoms with van der Waals surface area (Å²) in [6, 6.07) is 4.16. The van der Waals surface area contributed by atoms with Crippen LogP contribution in [0.3, 0.4) is 0 Å². The maximum Gasteiger partial charge on any atom is 0.0349 e. The fourth-order valence-electron chi connectivity index (χ4n) is 1.64. The zero-order valence-electron chi connectivity index (χ0n) is 8.49. The van der Waals surface area contributed by atoms with Crippen molar-refractivity contribution >= 4 is 0 Å². The Morgan fingerprint density at radius 2 is 2.14 bits per heavy atom. The lowest BCUT2D eigenvalue weighted by molar-refractivity contribution is 0.865. The van der Waals surface area contributed by atoms with Gasteiger partial charge in [-0.15, -0.1) is 0 Å². The molecule has 0 aliphatic carbocycles. The van der Waals surface area contributed by atoms with Crippen LogP contribution in [0.25, 0.3) is 11.1 Å². The molecule has 0 saturated carbocycles. The molecule has 0 amide bonds. The topological polar surface area (TPSA) is 28.7 Å². The first-order valence-electron chi connectivity index (χ1n) is 4.86. The quantitative estimate of drug-likeness (QED) is 0.766. The average molecular weight is 186 g/mol. The van der Waals surface area contributed by atoms with Gasteiger partial charge in [-0.2, -0.15) is 0 Å². The minimum atomic E-state index is 0.530. The smallest absolute Gasteiger partial charge is 0.0349 e. The van der Waals surface area contributed by atoms with Crippen molar-refractivity contribution in [3.05, 3.63) is 42.5 Å². The highest BCUT2D eigenvalue weighted by Gasteiger charge is 2.07. The van der Waals surface area contributed by atoms with Crippen LogP contribution in [-0.4, -0.2) is 9.97 Å². The fourth-order valence-corrected chi connectivity index (χ4v) is 1.64. The van der Waals surface area contributed by atoms with Crippen molar-refractivity contribution in [3.63, 3.8) is 0 Å². The summed E-state index contributed by atoms with van der Waals surface area (Å²) in [5.74, 6) is 0.530. The first-order valence-corrected chi connectivity index (χ1v) is 4.86. The summed E-state index contributed by atoms with van der Waals surface area (Å²) in [7, 11) is 0. The molecule has 2 aromatic rings. The van der Waals surface area contributed by atoms with Crippen LogP contribution in [0.15, 0.2) is 36.9 Å². The van der Waals surface area contributed by atoms with Gasteiger partial charge in [0.25, 0.3) is 0 Å². The van der Waals surface area contributed by atoms with E-state index >= 15 is 0 Å². The van der Waals surface area contributed by atoms with Crippen LogP contribution in [0.2, 0.25) is 0 Å². The molecule has 0 radical (unpaired) electrons. The molecule has 2 nitrogen and oxygen atoms in total. The lowest BCUT2D eigenvalue weighted by atomic mass is 9.96. The second-order valence-electron chi connectivity index (χ2n) is 3.72. The van der Waals surface area contributed by atoms with Crippen LogP contribution in [0.4, 0.5) is 0 Å². The zero-order valence-corrected chi connectivity index (χ0v) is 8.49. The number of nitrogens with one attached hydrogen (secondary N) is 1. The summed E-state index contributed by atoms with van der Waals surface area (Å²) in [4.78, 5) is 7.24. The van der Waals surface area contributed by atoms with Crippen molar-refractivity contribution in [3.8, 4) is 11.1 Å². The molecule has 2 heterocycles. The van der Waals surface area contributed by atoms with Crippen LogP contribution in [0.1, 0.15) is 25.3 Å². The molecule has 0 bridgehead atoms. The number of hydrogen-bond acceptors (Lipinski definition) is 1. The van der Waals surface area contributed by atoms with E-state index in [1.165, 1.54) is 16.7 Å². The largest absolute Gasteiger partial charge is 0.367 e. The molecule has 0 fully saturated rings. The molecular formula is C12H14N2. The summed E-state index contributed by atoms with van der Waals surface area (Å²) < 4.78 is 0. The van der Waals surface area contributed by atoms with Gasteiger partial charge < -0.3 is 4.98 Å². The predicted molar refractivity (Wildman–Crippen MR) is 58.1 cm³/mol. The van der Waals surface area contributed by atoms with Crippen LogP contribution in [0, 0.1) is 0 Å². The molecule has 0 atom stereocenters. The molecule has 0 aliphatic heterocycles. The van der Waals surface area contributed by atoms with Gasteiger partial charge >= 0.3 is 0 Å². The number of pyridine rings is 1. The van der Waals surface area contributed by atoms with Gasteiger partial charge in [-0.3, -0.25) is 4.98 Å². The molecule has 14 heavy (non-hydrogen) atoms. The first-order chi connectivity index (χ1) is 6.79. The normalized spacial score (nSPS) is 10.8. The third-order valence-electron chi connectivity index (χ3n) is 2.39. The number of nitrogens with zero attached hydrogens (tertiary/aromatic N) is 1. The number of H-pyrrole nitrogens is 1. The van der Waals surface area contributed by atoms with Gasteiger partial charge in [-0.25, -0.2) is 0 Å². The lowest BCUT2D eigenvalue weighted by Gasteiger charge is -2.10. The van der Waals surface area contributed by atoms with E-state index in [1.54, 1.807) is 0 Å². The van der Waals surface area contributed by atoms with Crippen LogP contribution in [0.5, 0.6) is 0 Å². The first kappa shape index (κ1) is 9.00. The number of hydrogen-bond donors (Lipinski definition) is 1. The van der Waals surface area contributed by atoms with Gasteiger partial charge in [0.1, 0.15) is 0 Å². The molecule has 2 heteroatoms. The number of aromatic amines is 1. The minimum absolute atomic E-state index is 0.530. The monoisotopic (exact) mass is 186 g/mol. The zero-order chi connectivity index (χ0) is 9.97. The van der Waals surface area contributed by atoms with Crippen molar-refractivity contribution in [2.24, 2.45) is 0 Å². The second-order valence-corrected chi connectivity index (χ2v) is 3.72. The van der Waals surface area contributed by atoms with Gasteiger partial charge in [-0.1, -0.05) is 13.8 Å². The third kappa shape index (κ3) is 1.55. The van der Waals surface area contributed by atoms with E-state index in [0.717, 1.165) is 0 Å². The molecule has 0 spiro atoms. The third-order valence-corrected chi connectivity index (χ3v) is 2.39. The molecule has 2 aromatic heterocycles. The molecule has 2 rings (SSSR count). The SMILES string of the molecule is CC(C)c1ccncc1-c1cc[nH]c1. The van der Waals surface area contributed by atoms with Crippen molar-refractivity contribution in [1.82, 2.24) is 9.97 Å². The minimum Gasteiger partial charge on any atom is -0.367 e. The summed E-state index contributed by atoms with van der Waals surface area (Å²) in [6.07, 6.45) is 7.72. The Balaban J connectivity index is 2.53. The van der Waals surface area contributed by atoms with Crippen LogP contribution >= 0.6 is 0 Å². The Morgan fingerprint density at radius 1 is 1.29 bits per heavy atom. The molecule has 0 saturated heterocycles. The van der Waals surface area contributed by atoms with Gasteiger partial charge in [0.05, 0.1) is 0 Å². The molecule has 72 valence electrons. The average Bonchev–Trinajstić information content (AvgIpc) is 2.70. The number of rotatable bonds is 2. The second kappa shape index (κ2) is 3.66. The summed E-state index contributed by atoms with van der Waals surface area (Å²) in [5.41, 5.74) is 3.78. The van der Waals surface area contributed by atoms with Gasteiger partial charge in [0, 0.05) is 35.9 Å². The Morgan fingerprint density at radius 3 is 2.79 bits per heavy atom. The Kier molecular flexibility index (Phi) is 2.35. The summed E-state index contributed by atoms with van der Waals surface area (Å²) in [6.45, 7) is 4.40. The van der Waals surface area contributed by atoms with Crippen LogP contribution < -0.4 is 0 Å².